The molecule has 1 aliphatic rings. The summed E-state index contributed by atoms with van der Waals surface area (Å²) in [5.41, 5.74) is -0.720. The van der Waals surface area contributed by atoms with Gasteiger partial charge < -0.3 is 4.74 Å². The third-order valence-electron chi connectivity index (χ3n) is 2.30. The molecule has 1 aromatic carbocycles. The second-order valence-electron chi connectivity index (χ2n) is 3.67. The van der Waals surface area contributed by atoms with Gasteiger partial charge in [0.2, 0.25) is 0 Å². The SMILES string of the molecule is FC(F)(F)c1cc[c]cc1OCC1CC1. The van der Waals surface area contributed by atoms with E-state index in [-0.39, 0.29) is 5.75 Å². The molecule has 2 rings (SSSR count). The minimum atomic E-state index is -4.35. The molecule has 1 fully saturated rings. The Labute approximate surface area is 85.9 Å². The topological polar surface area (TPSA) is 9.23 Å². The molecular formula is C11H10F3O. The van der Waals surface area contributed by atoms with E-state index in [1.165, 1.54) is 12.1 Å². The van der Waals surface area contributed by atoms with Crippen LogP contribution < -0.4 is 4.74 Å². The van der Waals surface area contributed by atoms with Crippen LogP contribution in [0.25, 0.3) is 0 Å². The van der Waals surface area contributed by atoms with Crippen molar-refractivity contribution in [1.82, 2.24) is 0 Å². The smallest absolute Gasteiger partial charge is 0.419 e. The van der Waals surface area contributed by atoms with E-state index in [4.69, 9.17) is 4.74 Å². The van der Waals surface area contributed by atoms with E-state index in [1.54, 1.807) is 0 Å². The van der Waals surface area contributed by atoms with Gasteiger partial charge in [-0.2, -0.15) is 13.2 Å². The predicted octanol–water partition coefficient (Wildman–Crippen LogP) is 3.29. The fraction of sp³-hybridized carbons (Fsp3) is 0.455. The Kier molecular flexibility index (Phi) is 2.59. The van der Waals surface area contributed by atoms with Crippen molar-refractivity contribution in [1.29, 1.82) is 0 Å². The maximum atomic E-state index is 12.5. The molecule has 1 saturated carbocycles. The van der Waals surface area contributed by atoms with E-state index in [0.29, 0.717) is 12.5 Å². The molecule has 1 radical (unpaired) electrons. The molecule has 0 atom stereocenters. The number of hydrogen-bond donors (Lipinski definition) is 0. The van der Waals surface area contributed by atoms with Crippen molar-refractivity contribution in [2.24, 2.45) is 5.92 Å². The maximum Gasteiger partial charge on any atom is 0.419 e. The van der Waals surface area contributed by atoms with E-state index < -0.39 is 11.7 Å². The van der Waals surface area contributed by atoms with Gasteiger partial charge in [0.25, 0.3) is 0 Å². The Morgan fingerprint density at radius 1 is 1.40 bits per heavy atom. The van der Waals surface area contributed by atoms with Crippen LogP contribution in [-0.2, 0) is 6.18 Å². The van der Waals surface area contributed by atoms with Crippen LogP contribution in [0, 0.1) is 12.0 Å². The van der Waals surface area contributed by atoms with Gasteiger partial charge in [0.1, 0.15) is 5.75 Å². The van der Waals surface area contributed by atoms with E-state index in [1.807, 2.05) is 0 Å². The predicted molar refractivity (Wildman–Crippen MR) is 48.5 cm³/mol. The molecule has 15 heavy (non-hydrogen) atoms. The van der Waals surface area contributed by atoms with Gasteiger partial charge in [0.05, 0.1) is 12.2 Å². The summed E-state index contributed by atoms with van der Waals surface area (Å²) in [6, 6.07) is 6.07. The van der Waals surface area contributed by atoms with Crippen LogP contribution in [0.15, 0.2) is 18.2 Å². The van der Waals surface area contributed by atoms with Gasteiger partial charge >= 0.3 is 6.18 Å². The van der Waals surface area contributed by atoms with Crippen molar-refractivity contribution in [2.75, 3.05) is 6.61 Å². The zero-order valence-electron chi connectivity index (χ0n) is 7.97. The Morgan fingerprint density at radius 2 is 2.13 bits per heavy atom. The highest BCUT2D eigenvalue weighted by molar-refractivity contribution is 5.35. The molecule has 4 heteroatoms. The largest absolute Gasteiger partial charge is 0.493 e. The lowest BCUT2D eigenvalue weighted by Gasteiger charge is -2.12. The Hall–Kier alpha value is -1.19. The lowest BCUT2D eigenvalue weighted by atomic mass is 10.2. The normalized spacial score (nSPS) is 16.5. The Morgan fingerprint density at radius 3 is 2.73 bits per heavy atom. The molecule has 0 N–H and O–H groups in total. The first-order valence-electron chi connectivity index (χ1n) is 4.77. The molecule has 0 unspecified atom stereocenters. The van der Waals surface area contributed by atoms with Crippen LogP contribution in [0.4, 0.5) is 13.2 Å². The van der Waals surface area contributed by atoms with Crippen molar-refractivity contribution in [3.63, 3.8) is 0 Å². The molecule has 81 valence electrons. The molecule has 0 aliphatic heterocycles. The zero-order valence-corrected chi connectivity index (χ0v) is 7.97. The van der Waals surface area contributed by atoms with E-state index in [9.17, 15) is 13.2 Å². The number of benzene rings is 1. The average Bonchev–Trinajstić information content (AvgIpc) is 2.97. The highest BCUT2D eigenvalue weighted by Gasteiger charge is 2.34. The van der Waals surface area contributed by atoms with Crippen LogP contribution in [0.5, 0.6) is 5.75 Å². The van der Waals surface area contributed by atoms with Crippen LogP contribution in [0.3, 0.4) is 0 Å². The third kappa shape index (κ3) is 2.64. The molecule has 0 amide bonds. The number of rotatable bonds is 3. The summed E-state index contributed by atoms with van der Waals surface area (Å²) in [6.07, 6.45) is -2.25. The summed E-state index contributed by atoms with van der Waals surface area (Å²) in [4.78, 5) is 0. The van der Waals surface area contributed by atoms with Gasteiger partial charge in [0, 0.05) is 0 Å². The maximum absolute atomic E-state index is 12.5. The first kappa shape index (κ1) is 10.3. The molecule has 1 aliphatic carbocycles. The van der Waals surface area contributed by atoms with Gasteiger partial charge in [-0.3, -0.25) is 0 Å². The quantitative estimate of drug-likeness (QED) is 0.751. The van der Waals surface area contributed by atoms with Crippen molar-refractivity contribution >= 4 is 0 Å². The average molecular weight is 215 g/mol. The van der Waals surface area contributed by atoms with Gasteiger partial charge in [0.15, 0.2) is 0 Å². The van der Waals surface area contributed by atoms with Crippen molar-refractivity contribution in [3.8, 4) is 5.75 Å². The fourth-order valence-electron chi connectivity index (χ4n) is 1.26. The molecule has 0 heterocycles. The molecule has 0 saturated heterocycles. The standard InChI is InChI=1S/C11H10F3O/c12-11(13,14)9-3-1-2-4-10(9)15-7-8-5-6-8/h1,3-4,8H,5-7H2. The van der Waals surface area contributed by atoms with Gasteiger partial charge in [-0.05, 0) is 37.0 Å². The molecule has 1 aromatic rings. The summed E-state index contributed by atoms with van der Waals surface area (Å²) in [5, 5.41) is 0. The zero-order chi connectivity index (χ0) is 10.9. The van der Waals surface area contributed by atoms with E-state index in [2.05, 4.69) is 6.07 Å². The highest BCUT2D eigenvalue weighted by atomic mass is 19.4. The molecule has 0 bridgehead atoms. The van der Waals surface area contributed by atoms with Crippen molar-refractivity contribution in [2.45, 2.75) is 19.0 Å². The van der Waals surface area contributed by atoms with Crippen LogP contribution in [0.2, 0.25) is 0 Å². The minimum Gasteiger partial charge on any atom is -0.493 e. The lowest BCUT2D eigenvalue weighted by molar-refractivity contribution is -0.139. The van der Waals surface area contributed by atoms with Crippen LogP contribution in [0.1, 0.15) is 18.4 Å². The Balaban J connectivity index is 2.13. The van der Waals surface area contributed by atoms with Gasteiger partial charge in [-0.25, -0.2) is 0 Å². The number of hydrogen-bond acceptors (Lipinski definition) is 1. The fourth-order valence-corrected chi connectivity index (χ4v) is 1.26. The first-order chi connectivity index (χ1) is 7.07. The third-order valence-corrected chi connectivity index (χ3v) is 2.30. The number of alkyl halides is 3. The second-order valence-corrected chi connectivity index (χ2v) is 3.67. The molecule has 0 spiro atoms. The minimum absolute atomic E-state index is 0.114. The van der Waals surface area contributed by atoms with Crippen LogP contribution >= 0.6 is 0 Å². The van der Waals surface area contributed by atoms with Gasteiger partial charge in [-0.1, -0.05) is 6.07 Å². The van der Waals surface area contributed by atoms with Gasteiger partial charge in [-0.15, -0.1) is 0 Å². The number of halogens is 3. The second kappa shape index (κ2) is 3.76. The van der Waals surface area contributed by atoms with Crippen molar-refractivity contribution < 1.29 is 17.9 Å². The summed E-state index contributed by atoms with van der Waals surface area (Å²) in [6.45, 7) is 0.376. The Bertz CT molecular complexity index is 342. The molecular weight excluding hydrogens is 205 g/mol. The summed E-state index contributed by atoms with van der Waals surface area (Å²) >= 11 is 0. The van der Waals surface area contributed by atoms with Crippen molar-refractivity contribution in [3.05, 3.63) is 29.8 Å². The van der Waals surface area contributed by atoms with E-state index in [0.717, 1.165) is 18.9 Å². The van der Waals surface area contributed by atoms with Crippen LogP contribution in [-0.4, -0.2) is 6.61 Å². The monoisotopic (exact) mass is 215 g/mol. The van der Waals surface area contributed by atoms with E-state index >= 15 is 0 Å². The lowest BCUT2D eigenvalue weighted by Crippen LogP contribution is -2.09. The number of ether oxygens (including phenoxy) is 1. The highest BCUT2D eigenvalue weighted by Crippen LogP contribution is 2.37. The summed E-state index contributed by atoms with van der Waals surface area (Å²) in [7, 11) is 0. The molecule has 0 aromatic heterocycles. The summed E-state index contributed by atoms with van der Waals surface area (Å²) < 4.78 is 42.6. The summed E-state index contributed by atoms with van der Waals surface area (Å²) in [5.74, 6) is 0.322. The molecule has 1 nitrogen and oxygen atoms in total. The first-order valence-corrected chi connectivity index (χ1v) is 4.77.